The van der Waals surface area contributed by atoms with Crippen molar-refractivity contribution < 1.29 is 26.9 Å². The third kappa shape index (κ3) is 4.80. The molecule has 1 aliphatic rings. The molecule has 0 N–H and O–H groups in total. The fraction of sp³-hybridized carbons (Fsp3) is 0.889. The first-order chi connectivity index (χ1) is 7.53. The highest BCUT2D eigenvalue weighted by Gasteiger charge is 2.30. The van der Waals surface area contributed by atoms with Crippen molar-refractivity contribution in [1.29, 1.82) is 0 Å². The quantitative estimate of drug-likeness (QED) is 0.383. The van der Waals surface area contributed by atoms with Crippen molar-refractivity contribution in [3.8, 4) is 0 Å². The third-order valence-corrected chi connectivity index (χ3v) is 3.36. The average Bonchev–Trinajstić information content (AvgIpc) is 2.58. The van der Waals surface area contributed by atoms with Crippen LogP contribution < -0.4 is 0 Å². The lowest BCUT2D eigenvalue weighted by Crippen LogP contribution is -2.24. The number of rotatable bonds is 7. The van der Waals surface area contributed by atoms with Crippen LogP contribution in [0.25, 0.3) is 0 Å². The molecule has 94 valence electrons. The van der Waals surface area contributed by atoms with Gasteiger partial charge in [0.15, 0.2) is 6.10 Å². The fourth-order valence-corrected chi connectivity index (χ4v) is 2.35. The van der Waals surface area contributed by atoms with Gasteiger partial charge >= 0.3 is 6.16 Å². The molecule has 0 saturated carbocycles. The number of hydrogen-bond donors (Lipinski definition) is 0. The molecular weight excluding hydrogens is 236 g/mol. The Morgan fingerprint density at radius 3 is 2.75 bits per heavy atom. The number of carbonyl (C=O) groups is 1. The Bertz CT molecular complexity index is 323. The molecule has 6 nitrogen and oxygen atoms in total. The van der Waals surface area contributed by atoms with Crippen LogP contribution >= 0.6 is 0 Å². The lowest BCUT2D eigenvalue weighted by molar-refractivity contribution is 0.121. The van der Waals surface area contributed by atoms with Crippen LogP contribution in [-0.4, -0.2) is 39.6 Å². The molecule has 0 aromatic carbocycles. The molecule has 7 heteroatoms. The first-order valence-corrected chi connectivity index (χ1v) is 6.82. The van der Waals surface area contributed by atoms with E-state index in [4.69, 9.17) is 4.18 Å². The van der Waals surface area contributed by atoms with Crippen LogP contribution in [0.5, 0.6) is 0 Å². The Morgan fingerprint density at radius 2 is 2.19 bits per heavy atom. The highest BCUT2D eigenvalue weighted by atomic mass is 32.2. The predicted molar refractivity (Wildman–Crippen MR) is 55.5 cm³/mol. The van der Waals surface area contributed by atoms with Crippen molar-refractivity contribution in [2.45, 2.75) is 32.3 Å². The predicted octanol–water partition coefficient (Wildman–Crippen LogP) is 1.06. The molecule has 16 heavy (non-hydrogen) atoms. The van der Waals surface area contributed by atoms with Crippen LogP contribution in [0.4, 0.5) is 4.79 Å². The van der Waals surface area contributed by atoms with Gasteiger partial charge in [0, 0.05) is 0 Å². The number of hydrogen-bond acceptors (Lipinski definition) is 6. The molecule has 0 spiro atoms. The SMILES string of the molecule is CCCCCOS(=O)(=O)CC1COC(=O)O1. The van der Waals surface area contributed by atoms with Gasteiger partial charge in [0.1, 0.15) is 12.4 Å². The molecule has 0 bridgehead atoms. The Balaban J connectivity index is 2.26. The summed E-state index contributed by atoms with van der Waals surface area (Å²) in [4.78, 5) is 10.6. The van der Waals surface area contributed by atoms with Gasteiger partial charge in [-0.15, -0.1) is 0 Å². The van der Waals surface area contributed by atoms with E-state index in [1.807, 2.05) is 6.92 Å². The molecule has 1 aliphatic heterocycles. The molecule has 1 saturated heterocycles. The first kappa shape index (κ1) is 13.2. The van der Waals surface area contributed by atoms with Crippen molar-refractivity contribution >= 4 is 16.3 Å². The summed E-state index contributed by atoms with van der Waals surface area (Å²) in [7, 11) is -3.63. The van der Waals surface area contributed by atoms with Gasteiger partial charge in [-0.1, -0.05) is 19.8 Å². The van der Waals surface area contributed by atoms with Gasteiger partial charge in [-0.25, -0.2) is 4.79 Å². The first-order valence-electron chi connectivity index (χ1n) is 5.24. The summed E-state index contributed by atoms with van der Waals surface area (Å²) < 4.78 is 36.6. The molecule has 0 aromatic heterocycles. The van der Waals surface area contributed by atoms with E-state index in [0.29, 0.717) is 6.42 Å². The monoisotopic (exact) mass is 252 g/mol. The van der Waals surface area contributed by atoms with Gasteiger partial charge < -0.3 is 9.47 Å². The van der Waals surface area contributed by atoms with Gasteiger partial charge in [0.25, 0.3) is 10.1 Å². The fourth-order valence-electron chi connectivity index (χ4n) is 1.26. The molecule has 1 fully saturated rings. The Labute approximate surface area is 95.0 Å². The van der Waals surface area contributed by atoms with E-state index in [1.165, 1.54) is 0 Å². The maximum Gasteiger partial charge on any atom is 0.508 e. The molecule has 1 unspecified atom stereocenters. The number of cyclic esters (lactones) is 2. The lowest BCUT2D eigenvalue weighted by Gasteiger charge is -2.07. The maximum atomic E-state index is 11.4. The van der Waals surface area contributed by atoms with E-state index in [1.54, 1.807) is 0 Å². The Hall–Kier alpha value is -0.820. The van der Waals surface area contributed by atoms with Crippen LogP contribution in [0.3, 0.4) is 0 Å². The van der Waals surface area contributed by atoms with Gasteiger partial charge in [-0.3, -0.25) is 4.18 Å². The van der Waals surface area contributed by atoms with Gasteiger partial charge in [0.2, 0.25) is 0 Å². The number of ether oxygens (including phenoxy) is 2. The minimum atomic E-state index is -3.63. The van der Waals surface area contributed by atoms with Crippen molar-refractivity contribution in [3.05, 3.63) is 0 Å². The molecule has 0 radical (unpaired) electrons. The number of carbonyl (C=O) groups excluding carboxylic acids is 1. The van der Waals surface area contributed by atoms with Crippen LogP contribution in [0.15, 0.2) is 0 Å². The molecule has 1 rings (SSSR count). The Morgan fingerprint density at radius 1 is 1.44 bits per heavy atom. The second-order valence-electron chi connectivity index (χ2n) is 3.55. The van der Waals surface area contributed by atoms with E-state index < -0.39 is 22.4 Å². The normalized spacial score (nSPS) is 20.6. The topological polar surface area (TPSA) is 78.9 Å². The summed E-state index contributed by atoms with van der Waals surface area (Å²) in [6, 6.07) is 0. The zero-order chi connectivity index (χ0) is 12.0. The van der Waals surface area contributed by atoms with Crippen molar-refractivity contribution in [2.75, 3.05) is 19.0 Å². The zero-order valence-electron chi connectivity index (χ0n) is 9.18. The van der Waals surface area contributed by atoms with Gasteiger partial charge in [-0.2, -0.15) is 8.42 Å². The van der Waals surface area contributed by atoms with Gasteiger partial charge in [0.05, 0.1) is 6.61 Å². The van der Waals surface area contributed by atoms with E-state index in [2.05, 4.69) is 9.47 Å². The summed E-state index contributed by atoms with van der Waals surface area (Å²) in [5.41, 5.74) is 0. The van der Waals surface area contributed by atoms with Crippen molar-refractivity contribution in [2.24, 2.45) is 0 Å². The van der Waals surface area contributed by atoms with Crippen molar-refractivity contribution in [3.63, 3.8) is 0 Å². The van der Waals surface area contributed by atoms with Crippen molar-refractivity contribution in [1.82, 2.24) is 0 Å². The highest BCUT2D eigenvalue weighted by Crippen LogP contribution is 2.10. The summed E-state index contributed by atoms with van der Waals surface area (Å²) in [6.45, 7) is 2.16. The standard InChI is InChI=1S/C9H16O6S/c1-2-3-4-5-14-16(11,12)7-8-6-13-9(10)15-8/h8H,2-7H2,1H3. The average molecular weight is 252 g/mol. The smallest absolute Gasteiger partial charge is 0.430 e. The summed E-state index contributed by atoms with van der Waals surface area (Å²) in [5, 5.41) is 0. The molecule has 0 aliphatic carbocycles. The van der Waals surface area contributed by atoms with E-state index in [-0.39, 0.29) is 19.0 Å². The largest absolute Gasteiger partial charge is 0.508 e. The lowest BCUT2D eigenvalue weighted by atomic mass is 10.3. The zero-order valence-corrected chi connectivity index (χ0v) is 9.99. The molecule has 0 aromatic rings. The van der Waals surface area contributed by atoms with Gasteiger partial charge in [-0.05, 0) is 6.42 Å². The summed E-state index contributed by atoms with van der Waals surface area (Å²) >= 11 is 0. The number of unbranched alkanes of at least 4 members (excludes halogenated alkanes) is 2. The second-order valence-corrected chi connectivity index (χ2v) is 5.24. The molecule has 0 amide bonds. The van der Waals surface area contributed by atoms with E-state index in [9.17, 15) is 13.2 Å². The van der Waals surface area contributed by atoms with E-state index >= 15 is 0 Å². The summed E-state index contributed by atoms with van der Waals surface area (Å²) in [5.74, 6) is -0.342. The molecular formula is C9H16O6S. The van der Waals surface area contributed by atoms with Crippen LogP contribution in [0.2, 0.25) is 0 Å². The summed E-state index contributed by atoms with van der Waals surface area (Å²) in [6.07, 6.45) is 1.06. The molecule has 1 atom stereocenters. The Kier molecular flexibility index (Phi) is 5.01. The maximum absolute atomic E-state index is 11.4. The van der Waals surface area contributed by atoms with Crippen LogP contribution in [-0.2, 0) is 23.8 Å². The second kappa shape index (κ2) is 6.05. The third-order valence-electron chi connectivity index (χ3n) is 2.05. The van der Waals surface area contributed by atoms with Crippen LogP contribution in [0.1, 0.15) is 26.2 Å². The van der Waals surface area contributed by atoms with Crippen LogP contribution in [0, 0.1) is 0 Å². The molecule has 1 heterocycles. The van der Waals surface area contributed by atoms with E-state index in [0.717, 1.165) is 12.8 Å². The minimum Gasteiger partial charge on any atom is -0.430 e. The highest BCUT2D eigenvalue weighted by molar-refractivity contribution is 7.86. The minimum absolute atomic E-state index is 0.0314.